The molecule has 2 heterocycles. The number of urea groups is 1. The van der Waals surface area contributed by atoms with Gasteiger partial charge in [-0.1, -0.05) is 0 Å². The minimum atomic E-state index is -0.230. The molecule has 132 valence electrons. The van der Waals surface area contributed by atoms with Crippen LogP contribution < -0.4 is 5.32 Å². The smallest absolute Gasteiger partial charge is 0.321 e. The van der Waals surface area contributed by atoms with E-state index in [4.69, 9.17) is 4.74 Å². The molecule has 1 fully saturated rings. The number of ether oxygens (including phenoxy) is 1. The van der Waals surface area contributed by atoms with Crippen LogP contribution in [0.4, 0.5) is 10.5 Å². The van der Waals surface area contributed by atoms with Gasteiger partial charge >= 0.3 is 12.0 Å². The number of carbonyl (C=O) groups excluding carboxylic acids is 2. The zero-order chi connectivity index (χ0) is 17.6. The van der Waals surface area contributed by atoms with E-state index in [0.29, 0.717) is 19.7 Å². The molecule has 2 amide bonds. The summed E-state index contributed by atoms with van der Waals surface area (Å²) in [7, 11) is 0. The summed E-state index contributed by atoms with van der Waals surface area (Å²) >= 11 is 1.57. The van der Waals surface area contributed by atoms with Gasteiger partial charge in [-0.05, 0) is 44.0 Å². The van der Waals surface area contributed by atoms with E-state index in [9.17, 15) is 9.59 Å². The van der Waals surface area contributed by atoms with Gasteiger partial charge in [-0.3, -0.25) is 4.79 Å². The van der Waals surface area contributed by atoms with E-state index in [0.717, 1.165) is 29.1 Å². The van der Waals surface area contributed by atoms with Gasteiger partial charge in [0.2, 0.25) is 0 Å². The molecule has 2 aromatic rings. The molecule has 0 aliphatic carbocycles. The number of nitrogens with one attached hydrogen (secondary N) is 1. The van der Waals surface area contributed by atoms with Gasteiger partial charge in [0.1, 0.15) is 5.01 Å². The van der Waals surface area contributed by atoms with Crippen molar-refractivity contribution in [2.24, 2.45) is 5.92 Å². The molecule has 1 aromatic heterocycles. The molecule has 1 aromatic carbocycles. The number of carbonyl (C=O) groups is 2. The lowest BCUT2D eigenvalue weighted by Crippen LogP contribution is -2.44. The molecule has 1 saturated heterocycles. The van der Waals surface area contributed by atoms with Crippen LogP contribution in [0.5, 0.6) is 0 Å². The van der Waals surface area contributed by atoms with Gasteiger partial charge in [-0.25, -0.2) is 9.78 Å². The fraction of sp³-hybridized carbons (Fsp3) is 0.389. The fourth-order valence-corrected chi connectivity index (χ4v) is 3.52. The van der Waals surface area contributed by atoms with Crippen LogP contribution in [-0.4, -0.2) is 41.6 Å². The molecule has 0 spiro atoms. The number of rotatable bonds is 4. The minimum absolute atomic E-state index is 0.184. The Morgan fingerprint density at radius 1 is 1.36 bits per heavy atom. The number of nitrogens with zero attached hydrogens (tertiary/aromatic N) is 2. The van der Waals surface area contributed by atoms with Gasteiger partial charge in [0.25, 0.3) is 0 Å². The predicted octanol–water partition coefficient (Wildman–Crippen LogP) is 3.62. The van der Waals surface area contributed by atoms with E-state index in [2.05, 4.69) is 10.3 Å². The Balaban J connectivity index is 1.59. The quantitative estimate of drug-likeness (QED) is 0.847. The number of hydrogen-bond acceptors (Lipinski definition) is 5. The van der Waals surface area contributed by atoms with E-state index in [1.807, 2.05) is 29.6 Å². The number of likely N-dealkylation sites (tertiary alicyclic amines) is 1. The van der Waals surface area contributed by atoms with Crippen LogP contribution in [0, 0.1) is 5.92 Å². The number of hydrogen-bond donors (Lipinski definition) is 1. The normalized spacial score (nSPS) is 17.2. The molecule has 0 radical (unpaired) electrons. The third-order valence-electron chi connectivity index (χ3n) is 4.14. The monoisotopic (exact) mass is 359 g/mol. The highest BCUT2D eigenvalue weighted by Gasteiger charge is 2.29. The molecular formula is C18H21N3O3S. The standard InChI is InChI=1S/C18H21N3O3S/c1-2-24-17(22)14-4-3-10-21(12-14)18(23)20-15-7-5-13(6-8-15)16-19-9-11-25-16/h5-9,11,14H,2-4,10,12H2,1H3,(H,20,23)/t14-/m0/s1. The topological polar surface area (TPSA) is 71.5 Å². The first kappa shape index (κ1) is 17.4. The molecule has 7 heteroatoms. The number of piperidine rings is 1. The van der Waals surface area contributed by atoms with Crippen LogP contribution in [0.25, 0.3) is 10.6 Å². The molecule has 3 rings (SSSR count). The molecule has 1 aliphatic rings. The van der Waals surface area contributed by atoms with Crippen LogP contribution in [-0.2, 0) is 9.53 Å². The number of amides is 2. The van der Waals surface area contributed by atoms with Crippen molar-refractivity contribution in [3.05, 3.63) is 35.8 Å². The lowest BCUT2D eigenvalue weighted by atomic mass is 9.98. The second-order valence-corrected chi connectivity index (χ2v) is 6.78. The second kappa shape index (κ2) is 8.11. The Kier molecular flexibility index (Phi) is 5.65. The summed E-state index contributed by atoms with van der Waals surface area (Å²) in [5, 5.41) is 5.78. The Labute approximate surface area is 150 Å². The highest BCUT2D eigenvalue weighted by atomic mass is 32.1. The molecule has 1 atom stereocenters. The Bertz CT molecular complexity index is 716. The molecular weight excluding hydrogens is 338 g/mol. The van der Waals surface area contributed by atoms with Crippen molar-refractivity contribution in [1.29, 1.82) is 0 Å². The van der Waals surface area contributed by atoms with Crippen LogP contribution in [0.1, 0.15) is 19.8 Å². The van der Waals surface area contributed by atoms with E-state index >= 15 is 0 Å². The van der Waals surface area contributed by atoms with Crippen molar-refractivity contribution >= 4 is 29.0 Å². The van der Waals surface area contributed by atoms with Gasteiger partial charge in [-0.2, -0.15) is 0 Å². The maximum Gasteiger partial charge on any atom is 0.321 e. The fourth-order valence-electron chi connectivity index (χ4n) is 2.88. The first-order valence-corrected chi connectivity index (χ1v) is 9.28. The van der Waals surface area contributed by atoms with Crippen LogP contribution in [0.3, 0.4) is 0 Å². The molecule has 1 N–H and O–H groups in total. The molecule has 0 bridgehead atoms. The molecule has 0 saturated carbocycles. The first-order chi connectivity index (χ1) is 12.2. The van der Waals surface area contributed by atoms with Gasteiger partial charge in [0, 0.05) is 35.9 Å². The van der Waals surface area contributed by atoms with Crippen molar-refractivity contribution in [3.8, 4) is 10.6 Å². The van der Waals surface area contributed by atoms with Crippen molar-refractivity contribution in [1.82, 2.24) is 9.88 Å². The average Bonchev–Trinajstić information content (AvgIpc) is 3.17. The zero-order valence-electron chi connectivity index (χ0n) is 14.1. The number of aromatic nitrogens is 1. The maximum absolute atomic E-state index is 12.5. The molecule has 6 nitrogen and oxygen atoms in total. The second-order valence-electron chi connectivity index (χ2n) is 5.88. The highest BCUT2D eigenvalue weighted by Crippen LogP contribution is 2.24. The lowest BCUT2D eigenvalue weighted by Gasteiger charge is -2.31. The van der Waals surface area contributed by atoms with Crippen LogP contribution in [0.15, 0.2) is 35.8 Å². The third-order valence-corrected chi connectivity index (χ3v) is 4.97. The zero-order valence-corrected chi connectivity index (χ0v) is 14.9. The summed E-state index contributed by atoms with van der Waals surface area (Å²) in [4.78, 5) is 30.3. The van der Waals surface area contributed by atoms with Crippen molar-refractivity contribution in [2.45, 2.75) is 19.8 Å². The number of anilines is 1. The highest BCUT2D eigenvalue weighted by molar-refractivity contribution is 7.13. The summed E-state index contributed by atoms with van der Waals surface area (Å²) in [6.45, 7) is 3.22. The third kappa shape index (κ3) is 4.36. The molecule has 0 unspecified atom stereocenters. The van der Waals surface area contributed by atoms with E-state index in [1.54, 1.807) is 29.4 Å². The van der Waals surface area contributed by atoms with Crippen molar-refractivity contribution in [3.63, 3.8) is 0 Å². The Morgan fingerprint density at radius 2 is 2.16 bits per heavy atom. The summed E-state index contributed by atoms with van der Waals surface area (Å²) in [5.74, 6) is -0.445. The lowest BCUT2D eigenvalue weighted by molar-refractivity contribution is -0.149. The van der Waals surface area contributed by atoms with E-state index in [-0.39, 0.29) is 17.9 Å². The Morgan fingerprint density at radius 3 is 2.84 bits per heavy atom. The van der Waals surface area contributed by atoms with Gasteiger partial charge < -0.3 is 15.0 Å². The predicted molar refractivity (Wildman–Crippen MR) is 97.5 cm³/mol. The molecule has 25 heavy (non-hydrogen) atoms. The maximum atomic E-state index is 12.5. The summed E-state index contributed by atoms with van der Waals surface area (Å²) in [6, 6.07) is 7.41. The minimum Gasteiger partial charge on any atom is -0.466 e. The van der Waals surface area contributed by atoms with Crippen LogP contribution >= 0.6 is 11.3 Å². The summed E-state index contributed by atoms with van der Waals surface area (Å²) in [5.41, 5.74) is 1.75. The van der Waals surface area contributed by atoms with Gasteiger partial charge in [0.05, 0.1) is 12.5 Å². The van der Waals surface area contributed by atoms with E-state index in [1.165, 1.54) is 0 Å². The Hall–Kier alpha value is -2.41. The van der Waals surface area contributed by atoms with Gasteiger partial charge in [-0.15, -0.1) is 11.3 Å². The summed E-state index contributed by atoms with van der Waals surface area (Å²) < 4.78 is 5.07. The van der Waals surface area contributed by atoms with Crippen LogP contribution in [0.2, 0.25) is 0 Å². The summed E-state index contributed by atoms with van der Waals surface area (Å²) in [6.07, 6.45) is 3.34. The number of thiazole rings is 1. The first-order valence-electron chi connectivity index (χ1n) is 8.40. The number of benzene rings is 1. The number of esters is 1. The SMILES string of the molecule is CCOC(=O)[C@H]1CCCN(C(=O)Nc2ccc(-c3nccs3)cc2)C1. The average molecular weight is 359 g/mol. The van der Waals surface area contributed by atoms with Gasteiger partial charge in [0.15, 0.2) is 0 Å². The molecule has 1 aliphatic heterocycles. The van der Waals surface area contributed by atoms with Crippen molar-refractivity contribution in [2.75, 3.05) is 25.0 Å². The van der Waals surface area contributed by atoms with E-state index < -0.39 is 0 Å². The largest absolute Gasteiger partial charge is 0.466 e. The van der Waals surface area contributed by atoms with Crippen molar-refractivity contribution < 1.29 is 14.3 Å².